The molecule has 2 aromatic heterocycles. The van der Waals surface area contributed by atoms with Crippen molar-refractivity contribution in [1.29, 1.82) is 0 Å². The summed E-state index contributed by atoms with van der Waals surface area (Å²) in [6, 6.07) is 5.04. The Balaban J connectivity index is 1.65. The summed E-state index contributed by atoms with van der Waals surface area (Å²) in [5.41, 5.74) is 0.934. The monoisotopic (exact) mass is 314 g/mol. The lowest BCUT2D eigenvalue weighted by atomic mass is 10.2. The first-order chi connectivity index (χ1) is 11.1. The molecule has 0 saturated carbocycles. The van der Waals surface area contributed by atoms with Gasteiger partial charge in [-0.15, -0.1) is 0 Å². The maximum absolute atomic E-state index is 12.5. The van der Waals surface area contributed by atoms with Crippen LogP contribution in [0.2, 0.25) is 0 Å². The maximum atomic E-state index is 12.5. The smallest absolute Gasteiger partial charge is 0.276 e. The van der Waals surface area contributed by atoms with Crippen LogP contribution in [0, 0.1) is 6.92 Å². The number of aromatic nitrogens is 2. The summed E-state index contributed by atoms with van der Waals surface area (Å²) >= 11 is 0. The predicted octanol–water partition coefficient (Wildman–Crippen LogP) is 1.37. The zero-order valence-corrected chi connectivity index (χ0v) is 12.9. The molecular formula is C16H18N4O3. The summed E-state index contributed by atoms with van der Waals surface area (Å²) in [6.07, 6.45) is 3.95. The first-order valence-corrected chi connectivity index (χ1v) is 7.57. The number of hydrogen-bond donors (Lipinski definition) is 0. The van der Waals surface area contributed by atoms with E-state index in [0.717, 1.165) is 6.42 Å². The van der Waals surface area contributed by atoms with E-state index < -0.39 is 0 Å². The highest BCUT2D eigenvalue weighted by Crippen LogP contribution is 2.12. The highest BCUT2D eigenvalue weighted by Gasteiger charge is 2.25. The number of rotatable bonds is 2. The van der Waals surface area contributed by atoms with Crippen LogP contribution in [0.5, 0.6) is 0 Å². The second kappa shape index (κ2) is 6.60. The van der Waals surface area contributed by atoms with Crippen molar-refractivity contribution >= 4 is 11.8 Å². The second-order valence-corrected chi connectivity index (χ2v) is 5.50. The Morgan fingerprint density at radius 1 is 1.04 bits per heavy atom. The van der Waals surface area contributed by atoms with Gasteiger partial charge in [0.05, 0.1) is 0 Å². The summed E-state index contributed by atoms with van der Waals surface area (Å²) in [5, 5.41) is 3.77. The Bertz CT molecular complexity index is 698. The van der Waals surface area contributed by atoms with Crippen LogP contribution in [0.15, 0.2) is 35.1 Å². The number of aryl methyl sites for hydroxylation is 1. The molecule has 0 atom stereocenters. The Labute approximate surface area is 133 Å². The van der Waals surface area contributed by atoms with Gasteiger partial charge in [0, 0.05) is 50.2 Å². The third-order valence-electron chi connectivity index (χ3n) is 3.84. The van der Waals surface area contributed by atoms with Gasteiger partial charge in [-0.2, -0.15) is 0 Å². The van der Waals surface area contributed by atoms with Crippen molar-refractivity contribution in [3.8, 4) is 0 Å². The lowest BCUT2D eigenvalue weighted by Crippen LogP contribution is -2.37. The van der Waals surface area contributed by atoms with E-state index in [4.69, 9.17) is 4.52 Å². The average Bonchev–Trinajstić information content (AvgIpc) is 2.87. The Kier molecular flexibility index (Phi) is 4.36. The summed E-state index contributed by atoms with van der Waals surface area (Å²) in [4.78, 5) is 32.3. The molecule has 0 unspecified atom stereocenters. The number of carbonyl (C=O) groups is 2. The SMILES string of the molecule is Cc1cc(C(=O)N2CCCN(C(=O)c3ccncc3)CC2)no1. The van der Waals surface area contributed by atoms with Crippen molar-refractivity contribution < 1.29 is 14.1 Å². The largest absolute Gasteiger partial charge is 0.361 e. The highest BCUT2D eigenvalue weighted by atomic mass is 16.5. The first-order valence-electron chi connectivity index (χ1n) is 7.57. The zero-order valence-electron chi connectivity index (χ0n) is 12.9. The molecule has 2 amide bonds. The summed E-state index contributed by atoms with van der Waals surface area (Å²) < 4.78 is 4.96. The quantitative estimate of drug-likeness (QED) is 0.836. The van der Waals surface area contributed by atoms with E-state index in [-0.39, 0.29) is 11.8 Å². The number of pyridine rings is 1. The van der Waals surface area contributed by atoms with Crippen molar-refractivity contribution in [2.45, 2.75) is 13.3 Å². The van der Waals surface area contributed by atoms with Gasteiger partial charge in [0.25, 0.3) is 11.8 Å². The van der Waals surface area contributed by atoms with Gasteiger partial charge in [0.2, 0.25) is 0 Å². The Morgan fingerprint density at radius 3 is 2.30 bits per heavy atom. The molecule has 1 saturated heterocycles. The molecule has 3 heterocycles. The van der Waals surface area contributed by atoms with Crippen molar-refractivity contribution in [2.24, 2.45) is 0 Å². The standard InChI is InChI=1S/C16H18N4O3/c1-12-11-14(18-23-12)16(22)20-8-2-7-19(9-10-20)15(21)13-3-5-17-6-4-13/h3-6,11H,2,7-10H2,1H3. The van der Waals surface area contributed by atoms with Gasteiger partial charge in [-0.05, 0) is 25.5 Å². The predicted molar refractivity (Wildman–Crippen MR) is 81.9 cm³/mol. The van der Waals surface area contributed by atoms with E-state index >= 15 is 0 Å². The van der Waals surface area contributed by atoms with Gasteiger partial charge in [0.1, 0.15) is 5.76 Å². The summed E-state index contributed by atoms with van der Waals surface area (Å²) in [5.74, 6) is 0.428. The van der Waals surface area contributed by atoms with E-state index in [1.54, 1.807) is 47.3 Å². The van der Waals surface area contributed by atoms with Crippen LogP contribution >= 0.6 is 0 Å². The van der Waals surface area contributed by atoms with E-state index in [1.807, 2.05) is 0 Å². The van der Waals surface area contributed by atoms with Crippen LogP contribution in [0.3, 0.4) is 0 Å². The highest BCUT2D eigenvalue weighted by molar-refractivity contribution is 5.94. The minimum absolute atomic E-state index is 0.0287. The lowest BCUT2D eigenvalue weighted by molar-refractivity contribution is 0.0713. The Morgan fingerprint density at radius 2 is 1.70 bits per heavy atom. The molecule has 0 bridgehead atoms. The van der Waals surface area contributed by atoms with Gasteiger partial charge in [0.15, 0.2) is 5.69 Å². The van der Waals surface area contributed by atoms with Crippen LogP contribution in [0.25, 0.3) is 0 Å². The van der Waals surface area contributed by atoms with E-state index in [0.29, 0.717) is 43.2 Å². The van der Waals surface area contributed by atoms with Crippen molar-refractivity contribution in [1.82, 2.24) is 19.9 Å². The molecule has 23 heavy (non-hydrogen) atoms. The van der Waals surface area contributed by atoms with Crippen LogP contribution in [0.1, 0.15) is 33.0 Å². The fourth-order valence-electron chi connectivity index (χ4n) is 2.63. The average molecular weight is 314 g/mol. The van der Waals surface area contributed by atoms with Crippen LogP contribution in [0.4, 0.5) is 0 Å². The van der Waals surface area contributed by atoms with Crippen molar-refractivity contribution in [2.75, 3.05) is 26.2 Å². The lowest BCUT2D eigenvalue weighted by Gasteiger charge is -2.21. The zero-order chi connectivity index (χ0) is 16.2. The molecule has 2 aromatic rings. The van der Waals surface area contributed by atoms with E-state index in [9.17, 15) is 9.59 Å². The fourth-order valence-corrected chi connectivity index (χ4v) is 2.63. The van der Waals surface area contributed by atoms with Gasteiger partial charge >= 0.3 is 0 Å². The van der Waals surface area contributed by atoms with Crippen LogP contribution < -0.4 is 0 Å². The molecule has 0 radical (unpaired) electrons. The van der Waals surface area contributed by atoms with Crippen LogP contribution in [-0.2, 0) is 0 Å². The third kappa shape index (κ3) is 3.39. The molecule has 1 fully saturated rings. The molecular weight excluding hydrogens is 296 g/mol. The number of carbonyl (C=O) groups excluding carboxylic acids is 2. The molecule has 7 nitrogen and oxygen atoms in total. The normalized spacial score (nSPS) is 15.3. The number of hydrogen-bond acceptors (Lipinski definition) is 5. The van der Waals surface area contributed by atoms with Gasteiger partial charge < -0.3 is 14.3 Å². The van der Waals surface area contributed by atoms with E-state index in [2.05, 4.69) is 10.1 Å². The van der Waals surface area contributed by atoms with Crippen LogP contribution in [-0.4, -0.2) is 57.9 Å². The molecule has 7 heteroatoms. The van der Waals surface area contributed by atoms with E-state index in [1.165, 1.54) is 0 Å². The minimum Gasteiger partial charge on any atom is -0.361 e. The van der Waals surface area contributed by atoms with Crippen molar-refractivity contribution in [3.63, 3.8) is 0 Å². The number of amides is 2. The molecule has 1 aliphatic heterocycles. The fraction of sp³-hybridized carbons (Fsp3) is 0.375. The maximum Gasteiger partial charge on any atom is 0.276 e. The molecule has 1 aliphatic rings. The molecule has 3 rings (SSSR count). The minimum atomic E-state index is -0.153. The molecule has 0 aliphatic carbocycles. The molecule has 0 spiro atoms. The third-order valence-corrected chi connectivity index (χ3v) is 3.84. The first kappa shape index (κ1) is 15.2. The molecule has 0 aromatic carbocycles. The Hall–Kier alpha value is -2.70. The second-order valence-electron chi connectivity index (χ2n) is 5.50. The summed E-state index contributed by atoms with van der Waals surface area (Å²) in [7, 11) is 0. The topological polar surface area (TPSA) is 79.5 Å². The summed E-state index contributed by atoms with van der Waals surface area (Å²) in [6.45, 7) is 3.97. The van der Waals surface area contributed by atoms with Gasteiger partial charge in [-0.25, -0.2) is 0 Å². The van der Waals surface area contributed by atoms with Crippen molar-refractivity contribution in [3.05, 3.63) is 47.6 Å². The molecule has 120 valence electrons. The number of nitrogens with zero attached hydrogens (tertiary/aromatic N) is 4. The van der Waals surface area contributed by atoms with Gasteiger partial charge in [-0.3, -0.25) is 14.6 Å². The molecule has 0 N–H and O–H groups in total. The van der Waals surface area contributed by atoms with Gasteiger partial charge in [-0.1, -0.05) is 5.16 Å².